The molecule has 12 heteroatoms. The van der Waals surface area contributed by atoms with Crippen LogP contribution >= 0.6 is 34.8 Å². The molecule has 0 saturated carbocycles. The lowest BCUT2D eigenvalue weighted by molar-refractivity contribution is -0.384. The van der Waals surface area contributed by atoms with Gasteiger partial charge in [0.15, 0.2) is 0 Å². The largest absolute Gasteiger partial charge is 0.392 e. The maximum absolute atomic E-state index is 10.8. The van der Waals surface area contributed by atoms with E-state index >= 15 is 0 Å². The molecule has 0 aromatic heterocycles. The van der Waals surface area contributed by atoms with Gasteiger partial charge in [-0.15, -0.1) is 74.1 Å². The van der Waals surface area contributed by atoms with E-state index in [2.05, 4.69) is 254 Å². The molecular formula is C122H132Cl3NO8. The fourth-order valence-electron chi connectivity index (χ4n) is 16.3. The summed E-state index contributed by atoms with van der Waals surface area (Å²) < 4.78 is 0. The first-order valence-electron chi connectivity index (χ1n) is 46.3. The number of nitro groups is 1. The topological polar surface area (TPSA) is 165 Å². The Morgan fingerprint density at radius 1 is 0.224 bits per heavy atom. The highest BCUT2D eigenvalue weighted by Crippen LogP contribution is 2.39. The van der Waals surface area contributed by atoms with Gasteiger partial charge in [0.1, 0.15) is 0 Å². The molecule has 134 heavy (non-hydrogen) atoms. The number of rotatable bonds is 37. The lowest BCUT2D eigenvalue weighted by Crippen LogP contribution is -2.20. The number of benzene rings is 12. The monoisotopic (exact) mass is 1840 g/mol. The summed E-state index contributed by atoms with van der Waals surface area (Å²) in [6.45, 7) is 16.5. The van der Waals surface area contributed by atoms with E-state index in [0.29, 0.717) is 79.3 Å². The zero-order chi connectivity index (χ0) is 97.3. The number of aliphatic hydroxyl groups is 6. The molecule has 0 bridgehead atoms. The van der Waals surface area contributed by atoms with E-state index in [1.54, 1.807) is 12.1 Å². The SMILES string of the molecule is C#CCCCC(O)C(c1ccc(C)cc1)c1ccc(C)cc1.C#CCCCC(O)C(c1ccc(C)cc1)c1ccc(C)cc1.C#CCCCC(O)C(c1ccc(C)cc1)c1ccc(Cl)cc1.C#CCCCC(O)C(c1ccc(C)cc1)c1ccc(Cl)cc1.C#CCCCC(O)C(c1ccc(C)cc1)c1ccc(Cl)cc1.C#CCCCC(O)C(c1ccc(C)cc1)c1ccc([N+](=O)[O-])cc1. The van der Waals surface area contributed by atoms with E-state index in [-0.39, 0.29) is 41.2 Å². The van der Waals surface area contributed by atoms with Crippen molar-refractivity contribution < 1.29 is 35.6 Å². The zero-order valence-electron chi connectivity index (χ0n) is 78.9. The van der Waals surface area contributed by atoms with Crippen molar-refractivity contribution in [2.75, 3.05) is 0 Å². The third kappa shape index (κ3) is 37.1. The van der Waals surface area contributed by atoms with Gasteiger partial charge < -0.3 is 30.6 Å². The Labute approximate surface area is 815 Å². The molecule has 12 aromatic carbocycles. The highest BCUT2D eigenvalue weighted by atomic mass is 35.5. The maximum atomic E-state index is 10.8. The smallest absolute Gasteiger partial charge is 0.269 e. The summed E-state index contributed by atoms with van der Waals surface area (Å²) in [7, 11) is 0. The van der Waals surface area contributed by atoms with Gasteiger partial charge >= 0.3 is 0 Å². The first kappa shape index (κ1) is 109. The van der Waals surface area contributed by atoms with Crippen molar-refractivity contribution in [2.45, 2.75) is 243 Å². The number of hydrogen-bond donors (Lipinski definition) is 6. The van der Waals surface area contributed by atoms with Crippen molar-refractivity contribution in [3.05, 3.63) is 428 Å². The standard InChI is InChI=1S/2C21H24O.3C20H21ClO.C20H21NO3/c2*1-4-5-6-7-20(22)21(18-12-8-16(2)9-13-18)19-14-10-17(3)11-15-19;3*1-3-4-5-6-19(22)20(16-9-7-15(2)8-10-16)17-11-13-18(21)14-12-17;1-3-4-5-6-19(22)20(16-9-7-15(2)8-10-16)17-11-13-18(14-12-17)21(23)24/h2*1,8-15,20-22H,5-7H2,2-3H3;3*1,7-14,19-20,22H,4-6H2,2H3;1,7-14,19-20,22H,4-6H2,2H3. The number of nitro benzene ring substituents is 1. The number of hydrogen-bond acceptors (Lipinski definition) is 8. The molecule has 9 nitrogen and oxygen atoms in total. The van der Waals surface area contributed by atoms with Gasteiger partial charge in [0, 0.05) is 101 Å². The zero-order valence-corrected chi connectivity index (χ0v) is 81.2. The van der Waals surface area contributed by atoms with Crippen LogP contribution in [0.2, 0.25) is 15.1 Å². The van der Waals surface area contributed by atoms with Gasteiger partial charge in [0.05, 0.1) is 41.5 Å². The van der Waals surface area contributed by atoms with Crippen LogP contribution in [0, 0.1) is 140 Å². The molecular weight excluding hydrogens is 1710 g/mol. The van der Waals surface area contributed by atoms with Crippen LogP contribution in [0.15, 0.2) is 291 Å². The number of terminal acetylenes is 6. The first-order valence-corrected chi connectivity index (χ1v) is 47.5. The third-order valence-electron chi connectivity index (χ3n) is 23.9. The van der Waals surface area contributed by atoms with Crippen LogP contribution < -0.4 is 0 Å². The van der Waals surface area contributed by atoms with E-state index in [0.717, 1.165) is 124 Å². The minimum atomic E-state index is -0.595. The molecule has 0 aliphatic rings. The van der Waals surface area contributed by atoms with Crippen molar-refractivity contribution in [1.82, 2.24) is 0 Å². The van der Waals surface area contributed by atoms with Crippen LogP contribution in [0.5, 0.6) is 0 Å². The molecule has 0 saturated heterocycles. The van der Waals surface area contributed by atoms with Gasteiger partial charge in [0.25, 0.3) is 5.69 Å². The molecule has 0 aliphatic heterocycles. The van der Waals surface area contributed by atoms with Crippen LogP contribution in [0.1, 0.15) is 262 Å². The molecule has 0 radical (unpaired) electrons. The summed E-state index contributed by atoms with van der Waals surface area (Å²) >= 11 is 17.9. The molecule has 0 spiro atoms. The Hall–Kier alpha value is -12.0. The molecule has 694 valence electrons. The van der Waals surface area contributed by atoms with Crippen LogP contribution in [0.25, 0.3) is 0 Å². The second-order valence-corrected chi connectivity index (χ2v) is 35.9. The summed E-state index contributed by atoms with van der Waals surface area (Å²) in [5, 5.41) is 77.1. The highest BCUT2D eigenvalue weighted by Gasteiger charge is 2.30. The second-order valence-electron chi connectivity index (χ2n) is 34.6. The number of aryl methyl sites for hydroxylation is 8. The van der Waals surface area contributed by atoms with Crippen molar-refractivity contribution in [1.29, 1.82) is 0 Å². The summed E-state index contributed by atoms with van der Waals surface area (Å²) in [6.07, 6.45) is 42.1. The van der Waals surface area contributed by atoms with E-state index in [1.165, 1.54) is 51.1 Å². The Balaban J connectivity index is 0.000000219. The fraction of sp³-hybridized carbons (Fsp3) is 0.311. The predicted molar refractivity (Wildman–Crippen MR) is 560 cm³/mol. The van der Waals surface area contributed by atoms with Crippen molar-refractivity contribution in [3.63, 3.8) is 0 Å². The molecule has 0 heterocycles. The fourth-order valence-corrected chi connectivity index (χ4v) is 16.7. The summed E-state index contributed by atoms with van der Waals surface area (Å²) in [6, 6.07) is 96.2. The summed E-state index contributed by atoms with van der Waals surface area (Å²) in [4.78, 5) is 10.4. The number of nitrogens with zero attached hydrogens (tertiary/aromatic N) is 1. The summed E-state index contributed by atoms with van der Waals surface area (Å²) in [5.74, 6) is 15.3. The Morgan fingerprint density at radius 3 is 0.448 bits per heavy atom. The molecule has 12 aromatic rings. The normalized spacial score (nSPS) is 12.9. The first-order chi connectivity index (χ1) is 64.6. The van der Waals surface area contributed by atoms with Crippen molar-refractivity contribution >= 4 is 40.5 Å². The van der Waals surface area contributed by atoms with Crippen LogP contribution in [-0.4, -0.2) is 72.2 Å². The quantitative estimate of drug-likeness (QED) is 0.00970. The van der Waals surface area contributed by atoms with Crippen molar-refractivity contribution in [2.24, 2.45) is 0 Å². The molecule has 12 rings (SSSR count). The van der Waals surface area contributed by atoms with Gasteiger partial charge in [-0.2, -0.15) is 0 Å². The van der Waals surface area contributed by atoms with E-state index in [9.17, 15) is 40.8 Å². The van der Waals surface area contributed by atoms with Crippen LogP contribution in [0.3, 0.4) is 0 Å². The molecule has 0 amide bonds. The molecule has 0 fully saturated rings. The summed E-state index contributed by atoms with van der Waals surface area (Å²) in [5.41, 5.74) is 22.7. The average Bonchev–Trinajstić information content (AvgIpc) is 0.775. The molecule has 6 N–H and O–H groups in total. The average molecular weight is 1850 g/mol. The van der Waals surface area contributed by atoms with Gasteiger partial charge in [-0.1, -0.05) is 322 Å². The minimum Gasteiger partial charge on any atom is -0.392 e. The van der Waals surface area contributed by atoms with Gasteiger partial charge in [0.2, 0.25) is 0 Å². The minimum absolute atomic E-state index is 0.000950. The Morgan fingerprint density at radius 2 is 0.336 bits per heavy atom. The molecule has 10 atom stereocenters. The Bertz CT molecular complexity index is 4760. The van der Waals surface area contributed by atoms with Gasteiger partial charge in [-0.25, -0.2) is 0 Å². The second kappa shape index (κ2) is 59.6. The number of aliphatic hydroxyl groups excluding tert-OH is 6. The highest BCUT2D eigenvalue weighted by molar-refractivity contribution is 6.31. The van der Waals surface area contributed by atoms with Gasteiger partial charge in [-0.05, 0) is 236 Å². The van der Waals surface area contributed by atoms with E-state index < -0.39 is 41.5 Å². The number of halogens is 3. The molecule has 0 aliphatic carbocycles. The Kier molecular flexibility index (Phi) is 48.5. The lowest BCUT2D eigenvalue weighted by Gasteiger charge is -2.24. The molecule has 10 unspecified atom stereocenters. The van der Waals surface area contributed by atoms with Crippen LogP contribution in [0.4, 0.5) is 5.69 Å². The maximum Gasteiger partial charge on any atom is 0.269 e. The van der Waals surface area contributed by atoms with Crippen LogP contribution in [-0.2, 0) is 0 Å². The van der Waals surface area contributed by atoms with E-state index in [1.807, 2.05) is 104 Å². The lowest BCUT2D eigenvalue weighted by atomic mass is 9.84. The predicted octanol–water partition coefficient (Wildman–Crippen LogP) is 28.2. The van der Waals surface area contributed by atoms with Crippen molar-refractivity contribution in [3.8, 4) is 74.1 Å². The van der Waals surface area contributed by atoms with E-state index in [4.69, 9.17) is 73.3 Å². The van der Waals surface area contributed by atoms with Gasteiger partial charge in [-0.3, -0.25) is 10.1 Å². The number of unbranched alkanes of at least 4 members (excludes halogenated alkanes) is 6. The number of non-ortho nitro benzene ring substituents is 1. The third-order valence-corrected chi connectivity index (χ3v) is 24.6.